The van der Waals surface area contributed by atoms with E-state index >= 15 is 0 Å². The van der Waals surface area contributed by atoms with Gasteiger partial charge in [-0.15, -0.1) is 0 Å². The normalized spacial score (nSPS) is 11.9. The highest BCUT2D eigenvalue weighted by Gasteiger charge is 2.16. The molecule has 0 aromatic carbocycles. The van der Waals surface area contributed by atoms with E-state index in [-0.39, 0.29) is 0 Å². The molecule has 0 saturated carbocycles. The predicted molar refractivity (Wildman–Crippen MR) is 39.7 cm³/mol. The Bertz CT molecular complexity index is 83.7. The molecule has 50 valence electrons. The lowest BCUT2D eigenvalue weighted by Crippen LogP contribution is -1.81. The van der Waals surface area contributed by atoms with Gasteiger partial charge in [0.05, 0.1) is 0 Å². The second kappa shape index (κ2) is 3.93. The van der Waals surface area contributed by atoms with E-state index in [4.69, 9.17) is 0 Å². The first-order valence-electron chi connectivity index (χ1n) is 2.04. The Morgan fingerprint density at radius 2 is 1.88 bits per heavy atom. The van der Waals surface area contributed by atoms with Gasteiger partial charge in [0.1, 0.15) is 0 Å². The second-order valence-electron chi connectivity index (χ2n) is 1.14. The molecule has 0 aliphatic rings. The van der Waals surface area contributed by atoms with Crippen molar-refractivity contribution in [3.05, 3.63) is 0 Å². The van der Waals surface area contributed by atoms with Crippen LogP contribution in [0.4, 0.5) is 0 Å². The van der Waals surface area contributed by atoms with E-state index in [1.165, 1.54) is 0 Å². The highest BCUT2D eigenvalue weighted by molar-refractivity contribution is 7.60. The molecule has 8 heavy (non-hydrogen) atoms. The zero-order valence-corrected chi connectivity index (χ0v) is 7.74. The van der Waals surface area contributed by atoms with Crippen LogP contribution in [-0.4, -0.2) is 6.16 Å². The summed E-state index contributed by atoms with van der Waals surface area (Å²) in [5.41, 5.74) is 0. The summed E-state index contributed by atoms with van der Waals surface area (Å²) in [7, 11) is 1.09. The van der Waals surface area contributed by atoms with Crippen LogP contribution in [0.1, 0.15) is 6.92 Å². The van der Waals surface area contributed by atoms with Gasteiger partial charge in [0.2, 0.25) is 0 Å². The molecule has 0 rings (SSSR count). The van der Waals surface area contributed by atoms with Gasteiger partial charge >= 0.3 is 7.60 Å². The molecule has 0 fully saturated rings. The molecule has 0 aromatic heterocycles. The SMILES string of the molecule is CCP(=O)(OP)OP. The minimum absolute atomic E-state index is 0.389. The van der Waals surface area contributed by atoms with Crippen molar-refractivity contribution in [2.24, 2.45) is 0 Å². The Hall–Kier alpha value is 1.01. The van der Waals surface area contributed by atoms with Crippen LogP contribution in [0.5, 0.6) is 0 Å². The lowest BCUT2D eigenvalue weighted by Gasteiger charge is -2.08. The molecule has 0 aromatic rings. The van der Waals surface area contributed by atoms with Crippen LogP contribution < -0.4 is 0 Å². The van der Waals surface area contributed by atoms with E-state index in [1.807, 2.05) is 18.9 Å². The van der Waals surface area contributed by atoms with Crippen LogP contribution in [-0.2, 0) is 13.2 Å². The molecule has 0 amide bonds. The van der Waals surface area contributed by atoms with E-state index in [0.717, 1.165) is 0 Å². The second-order valence-corrected chi connectivity index (χ2v) is 4.68. The van der Waals surface area contributed by atoms with Gasteiger partial charge in [0.25, 0.3) is 0 Å². The molecule has 0 spiro atoms. The molecular formula is C2H9O3P3. The molecule has 0 aliphatic heterocycles. The molecule has 0 radical (unpaired) electrons. The molecule has 2 unspecified atom stereocenters. The fourth-order valence-corrected chi connectivity index (χ4v) is 2.01. The third-order valence-corrected chi connectivity index (χ3v) is 4.05. The first kappa shape index (κ1) is 9.01. The van der Waals surface area contributed by atoms with Crippen molar-refractivity contribution < 1.29 is 13.2 Å². The molecule has 6 heteroatoms. The van der Waals surface area contributed by atoms with Gasteiger partial charge in [-0.3, -0.25) is 13.2 Å². The quantitative estimate of drug-likeness (QED) is 0.612. The van der Waals surface area contributed by atoms with Crippen molar-refractivity contribution in [2.45, 2.75) is 6.92 Å². The Balaban J connectivity index is 3.79. The van der Waals surface area contributed by atoms with Crippen molar-refractivity contribution in [1.29, 1.82) is 0 Å². The Kier molecular flexibility index (Phi) is 4.42. The van der Waals surface area contributed by atoms with Crippen molar-refractivity contribution in [3.63, 3.8) is 0 Å². The third kappa shape index (κ3) is 2.53. The molecule has 0 heterocycles. The van der Waals surface area contributed by atoms with Crippen LogP contribution in [0, 0.1) is 0 Å². The minimum Gasteiger partial charge on any atom is -0.292 e. The fraction of sp³-hybridized carbons (Fsp3) is 1.00. The Morgan fingerprint density at radius 1 is 1.50 bits per heavy atom. The van der Waals surface area contributed by atoms with Crippen molar-refractivity contribution >= 4 is 26.5 Å². The van der Waals surface area contributed by atoms with E-state index < -0.39 is 7.60 Å². The maximum Gasteiger partial charge on any atom is 0.335 e. The van der Waals surface area contributed by atoms with Gasteiger partial charge in [-0.2, -0.15) is 0 Å². The van der Waals surface area contributed by atoms with Crippen LogP contribution in [0.3, 0.4) is 0 Å². The highest BCUT2D eigenvalue weighted by atomic mass is 31.2. The topological polar surface area (TPSA) is 35.5 Å². The average molecular weight is 174 g/mol. The van der Waals surface area contributed by atoms with E-state index in [1.54, 1.807) is 6.92 Å². The zero-order chi connectivity index (χ0) is 6.62. The largest absolute Gasteiger partial charge is 0.335 e. The monoisotopic (exact) mass is 174 g/mol. The van der Waals surface area contributed by atoms with Gasteiger partial charge in [-0.05, 0) is 0 Å². The first-order valence-corrected chi connectivity index (χ1v) is 4.71. The lowest BCUT2D eigenvalue weighted by atomic mass is 11.0. The predicted octanol–water partition coefficient (Wildman–Crippen LogP) is 1.81. The highest BCUT2D eigenvalue weighted by Crippen LogP contribution is 2.51. The molecule has 0 aliphatic carbocycles. The maximum atomic E-state index is 10.8. The average Bonchev–Trinajstić information content (AvgIpc) is 1.87. The summed E-state index contributed by atoms with van der Waals surface area (Å²) in [6.07, 6.45) is 0.389. The lowest BCUT2D eigenvalue weighted by molar-refractivity contribution is 0.432. The number of rotatable bonds is 3. The van der Waals surface area contributed by atoms with Gasteiger partial charge in [0.15, 0.2) is 0 Å². The van der Waals surface area contributed by atoms with Gasteiger partial charge in [-0.1, -0.05) is 6.92 Å². The van der Waals surface area contributed by atoms with E-state index in [0.29, 0.717) is 6.16 Å². The molecule has 2 atom stereocenters. The molecule has 3 nitrogen and oxygen atoms in total. The van der Waals surface area contributed by atoms with E-state index in [9.17, 15) is 4.57 Å². The maximum absolute atomic E-state index is 10.8. The number of hydrogen-bond donors (Lipinski definition) is 0. The summed E-state index contributed by atoms with van der Waals surface area (Å²) >= 11 is 0. The van der Waals surface area contributed by atoms with Crippen LogP contribution in [0.25, 0.3) is 0 Å². The molecule has 0 saturated heterocycles. The summed E-state index contributed by atoms with van der Waals surface area (Å²) in [4.78, 5) is 0. The van der Waals surface area contributed by atoms with E-state index in [2.05, 4.69) is 8.62 Å². The molecule has 0 bridgehead atoms. The molecular weight excluding hydrogens is 165 g/mol. The summed E-state index contributed by atoms with van der Waals surface area (Å²) in [5.74, 6) is 0. The van der Waals surface area contributed by atoms with Crippen LogP contribution in [0.15, 0.2) is 0 Å². The smallest absolute Gasteiger partial charge is 0.292 e. The minimum atomic E-state index is -2.74. The molecule has 0 N–H and O–H groups in total. The van der Waals surface area contributed by atoms with Gasteiger partial charge in [0, 0.05) is 25.1 Å². The fourth-order valence-electron chi connectivity index (χ4n) is 0.174. The standard InChI is InChI=1S/C2H9O3P3/c1-2-8(3,4-6)5-7/h2,6-7H2,1H3. The van der Waals surface area contributed by atoms with Crippen molar-refractivity contribution in [1.82, 2.24) is 0 Å². The van der Waals surface area contributed by atoms with Gasteiger partial charge in [-0.25, -0.2) is 0 Å². The number of hydrogen-bond acceptors (Lipinski definition) is 3. The van der Waals surface area contributed by atoms with Gasteiger partial charge < -0.3 is 0 Å². The van der Waals surface area contributed by atoms with Crippen LogP contribution >= 0.6 is 26.5 Å². The third-order valence-electron chi connectivity index (χ3n) is 0.709. The summed E-state index contributed by atoms with van der Waals surface area (Å²) < 4.78 is 19.8. The summed E-state index contributed by atoms with van der Waals surface area (Å²) in [5, 5.41) is 0. The summed E-state index contributed by atoms with van der Waals surface area (Å²) in [6.45, 7) is 1.73. The zero-order valence-electron chi connectivity index (χ0n) is 4.53. The Morgan fingerprint density at radius 3 is 1.88 bits per heavy atom. The van der Waals surface area contributed by atoms with Crippen molar-refractivity contribution in [3.8, 4) is 0 Å². The Labute approximate surface area is 53.6 Å². The summed E-state index contributed by atoms with van der Waals surface area (Å²) in [6, 6.07) is 0. The van der Waals surface area contributed by atoms with Crippen molar-refractivity contribution in [2.75, 3.05) is 6.16 Å². The van der Waals surface area contributed by atoms with Crippen LogP contribution in [0.2, 0.25) is 0 Å². The first-order chi connectivity index (χ1) is 3.68.